The van der Waals surface area contributed by atoms with Crippen molar-refractivity contribution in [2.45, 2.75) is 13.8 Å². The molecule has 0 aliphatic heterocycles. The van der Waals surface area contributed by atoms with Gasteiger partial charge in [-0.25, -0.2) is 13.8 Å². The zero-order chi connectivity index (χ0) is 20.5. The van der Waals surface area contributed by atoms with Gasteiger partial charge in [0, 0.05) is 22.6 Å². The number of amides is 1. The SMILES string of the molecule is Cc1nn(-c2ccc(Br)cc2)c(C)c1C(=O)Nc1ccc(-n2cccn2)c(F)c1. The third-order valence-corrected chi connectivity index (χ3v) is 5.08. The summed E-state index contributed by atoms with van der Waals surface area (Å²) < 4.78 is 18.6. The molecular weight excluding hydrogens is 437 g/mol. The molecule has 2 aromatic heterocycles. The highest BCUT2D eigenvalue weighted by Gasteiger charge is 2.20. The first-order chi connectivity index (χ1) is 13.9. The minimum Gasteiger partial charge on any atom is -0.322 e. The van der Waals surface area contributed by atoms with Crippen molar-refractivity contribution in [2.24, 2.45) is 0 Å². The quantitative estimate of drug-likeness (QED) is 0.481. The van der Waals surface area contributed by atoms with Crippen molar-refractivity contribution in [3.63, 3.8) is 0 Å². The molecule has 0 radical (unpaired) electrons. The van der Waals surface area contributed by atoms with Crippen molar-refractivity contribution < 1.29 is 9.18 Å². The number of halogens is 2. The van der Waals surface area contributed by atoms with Crippen LogP contribution in [0.15, 0.2) is 65.4 Å². The summed E-state index contributed by atoms with van der Waals surface area (Å²) in [5, 5.41) is 11.3. The van der Waals surface area contributed by atoms with Gasteiger partial charge < -0.3 is 5.32 Å². The number of hydrogen-bond donors (Lipinski definition) is 1. The predicted molar refractivity (Wildman–Crippen MR) is 112 cm³/mol. The third-order valence-electron chi connectivity index (χ3n) is 4.55. The Morgan fingerprint density at radius 2 is 1.90 bits per heavy atom. The second kappa shape index (κ2) is 7.63. The number of nitrogens with one attached hydrogen (secondary N) is 1. The Morgan fingerprint density at radius 3 is 2.55 bits per heavy atom. The summed E-state index contributed by atoms with van der Waals surface area (Å²) in [7, 11) is 0. The van der Waals surface area contributed by atoms with E-state index in [2.05, 4.69) is 31.4 Å². The fourth-order valence-corrected chi connectivity index (χ4v) is 3.44. The molecule has 1 N–H and O–H groups in total. The van der Waals surface area contributed by atoms with Crippen molar-refractivity contribution in [3.05, 3.63) is 88.2 Å². The number of nitrogens with zero attached hydrogens (tertiary/aromatic N) is 4. The molecule has 4 aromatic rings. The van der Waals surface area contributed by atoms with Crippen molar-refractivity contribution in [1.29, 1.82) is 0 Å². The van der Waals surface area contributed by atoms with E-state index in [0.717, 1.165) is 10.2 Å². The Kier molecular flexibility index (Phi) is 5.02. The van der Waals surface area contributed by atoms with Crippen molar-refractivity contribution in [2.75, 3.05) is 5.32 Å². The summed E-state index contributed by atoms with van der Waals surface area (Å²) in [4.78, 5) is 12.9. The Labute approximate surface area is 175 Å². The van der Waals surface area contributed by atoms with Crippen LogP contribution in [0.4, 0.5) is 10.1 Å². The van der Waals surface area contributed by atoms with Gasteiger partial charge in [-0.3, -0.25) is 4.79 Å². The first kappa shape index (κ1) is 19.1. The molecule has 0 aliphatic carbocycles. The molecule has 0 atom stereocenters. The van der Waals surface area contributed by atoms with Crippen molar-refractivity contribution in [3.8, 4) is 11.4 Å². The molecule has 0 unspecified atom stereocenters. The second-order valence-corrected chi connectivity index (χ2v) is 7.42. The van der Waals surface area contributed by atoms with Crippen LogP contribution in [0.5, 0.6) is 0 Å². The molecule has 2 heterocycles. The van der Waals surface area contributed by atoms with Crippen LogP contribution in [0.1, 0.15) is 21.7 Å². The van der Waals surface area contributed by atoms with E-state index in [-0.39, 0.29) is 5.91 Å². The van der Waals surface area contributed by atoms with Crippen LogP contribution < -0.4 is 5.32 Å². The summed E-state index contributed by atoms with van der Waals surface area (Å²) in [6.07, 6.45) is 3.23. The van der Waals surface area contributed by atoms with Gasteiger partial charge in [0.15, 0.2) is 5.82 Å². The van der Waals surface area contributed by atoms with Gasteiger partial charge in [0.1, 0.15) is 5.69 Å². The smallest absolute Gasteiger partial charge is 0.259 e. The lowest BCUT2D eigenvalue weighted by atomic mass is 10.1. The van der Waals surface area contributed by atoms with Crippen LogP contribution in [-0.4, -0.2) is 25.5 Å². The number of carbonyl (C=O) groups excluding carboxylic acids is 1. The number of aromatic nitrogens is 4. The molecule has 4 rings (SSSR count). The molecule has 29 heavy (non-hydrogen) atoms. The first-order valence-corrected chi connectivity index (χ1v) is 9.66. The fourth-order valence-electron chi connectivity index (χ4n) is 3.18. The molecule has 0 bridgehead atoms. The summed E-state index contributed by atoms with van der Waals surface area (Å²) in [5.41, 5.74) is 3.28. The van der Waals surface area contributed by atoms with Gasteiger partial charge in [0.25, 0.3) is 5.91 Å². The van der Waals surface area contributed by atoms with Gasteiger partial charge in [0.2, 0.25) is 0 Å². The maximum atomic E-state index is 14.5. The molecule has 0 spiro atoms. The number of anilines is 1. The van der Waals surface area contributed by atoms with Crippen LogP contribution in [0.3, 0.4) is 0 Å². The summed E-state index contributed by atoms with van der Waals surface area (Å²) >= 11 is 3.41. The average Bonchev–Trinajstić information content (AvgIpc) is 3.31. The van der Waals surface area contributed by atoms with Crippen LogP contribution in [0, 0.1) is 19.7 Å². The minimum atomic E-state index is -0.481. The number of aryl methyl sites for hydroxylation is 1. The molecule has 0 saturated carbocycles. The Hall–Kier alpha value is -3.26. The molecule has 0 aliphatic rings. The highest BCUT2D eigenvalue weighted by molar-refractivity contribution is 9.10. The highest BCUT2D eigenvalue weighted by atomic mass is 79.9. The standard InChI is InChI=1S/C21H17BrFN5O/c1-13-20(14(2)28(26-13)17-7-4-15(22)5-8-17)21(29)25-16-6-9-19(18(23)12-16)27-11-3-10-24-27/h3-12H,1-2H3,(H,25,29). The highest BCUT2D eigenvalue weighted by Crippen LogP contribution is 2.22. The summed E-state index contributed by atoms with van der Waals surface area (Å²) in [5.74, 6) is -0.819. The van der Waals surface area contributed by atoms with Gasteiger partial charge in [0.05, 0.1) is 22.6 Å². The van der Waals surface area contributed by atoms with Gasteiger partial charge >= 0.3 is 0 Å². The lowest BCUT2D eigenvalue weighted by molar-refractivity contribution is 0.102. The number of carbonyl (C=O) groups is 1. The average molecular weight is 454 g/mol. The van der Waals surface area contributed by atoms with E-state index in [4.69, 9.17) is 0 Å². The summed E-state index contributed by atoms with van der Waals surface area (Å²) in [6.45, 7) is 3.61. The van der Waals surface area contributed by atoms with E-state index in [9.17, 15) is 9.18 Å². The molecule has 1 amide bonds. The maximum Gasteiger partial charge on any atom is 0.259 e. The van der Waals surface area contributed by atoms with Gasteiger partial charge in [-0.05, 0) is 62.4 Å². The number of hydrogen-bond acceptors (Lipinski definition) is 3. The minimum absolute atomic E-state index is 0.309. The zero-order valence-corrected chi connectivity index (χ0v) is 17.3. The number of rotatable bonds is 4. The Balaban J connectivity index is 1.61. The number of benzene rings is 2. The fraction of sp³-hybridized carbons (Fsp3) is 0.0952. The summed E-state index contributed by atoms with van der Waals surface area (Å²) in [6, 6.07) is 13.8. The maximum absolute atomic E-state index is 14.5. The lowest BCUT2D eigenvalue weighted by Crippen LogP contribution is -2.14. The molecule has 0 fully saturated rings. The predicted octanol–water partition coefficient (Wildman–Crippen LogP) is 4.83. The van der Waals surface area contributed by atoms with Crippen molar-refractivity contribution in [1.82, 2.24) is 19.6 Å². The van der Waals surface area contributed by atoms with E-state index < -0.39 is 5.82 Å². The van der Waals surface area contributed by atoms with Crippen LogP contribution in [-0.2, 0) is 0 Å². The molecule has 146 valence electrons. The third kappa shape index (κ3) is 3.71. The van der Waals surface area contributed by atoms with E-state index in [0.29, 0.717) is 28.3 Å². The van der Waals surface area contributed by atoms with Gasteiger partial charge in [-0.1, -0.05) is 15.9 Å². The van der Waals surface area contributed by atoms with E-state index >= 15 is 0 Å². The monoisotopic (exact) mass is 453 g/mol. The van der Waals surface area contributed by atoms with Crippen LogP contribution >= 0.6 is 15.9 Å². The molecule has 6 nitrogen and oxygen atoms in total. The largest absolute Gasteiger partial charge is 0.322 e. The van der Waals surface area contributed by atoms with E-state index in [1.54, 1.807) is 42.2 Å². The first-order valence-electron chi connectivity index (χ1n) is 8.87. The van der Waals surface area contributed by atoms with Crippen LogP contribution in [0.25, 0.3) is 11.4 Å². The molecule has 0 saturated heterocycles. The second-order valence-electron chi connectivity index (χ2n) is 6.50. The van der Waals surface area contributed by atoms with E-state index in [1.165, 1.54) is 10.7 Å². The van der Waals surface area contributed by atoms with Crippen molar-refractivity contribution >= 4 is 27.5 Å². The van der Waals surface area contributed by atoms with E-state index in [1.807, 2.05) is 31.2 Å². The van der Waals surface area contributed by atoms with Gasteiger partial charge in [-0.2, -0.15) is 10.2 Å². The van der Waals surface area contributed by atoms with Gasteiger partial charge in [-0.15, -0.1) is 0 Å². The molecular formula is C21H17BrFN5O. The topological polar surface area (TPSA) is 64.7 Å². The lowest BCUT2D eigenvalue weighted by Gasteiger charge is -2.09. The van der Waals surface area contributed by atoms with Crippen LogP contribution in [0.2, 0.25) is 0 Å². The Morgan fingerprint density at radius 1 is 1.14 bits per heavy atom. The Bertz CT molecular complexity index is 1180. The molecule has 2 aromatic carbocycles. The zero-order valence-electron chi connectivity index (χ0n) is 15.7. The normalized spacial score (nSPS) is 10.9. The molecule has 8 heteroatoms.